The van der Waals surface area contributed by atoms with Gasteiger partial charge in [0.15, 0.2) is 0 Å². The number of nitrogens with one attached hydrogen (secondary N) is 1. The van der Waals surface area contributed by atoms with Gasteiger partial charge in [-0.05, 0) is 51.8 Å². The predicted octanol–water partition coefficient (Wildman–Crippen LogP) is 4.79. The number of aromatic nitrogens is 2. The first-order valence-corrected chi connectivity index (χ1v) is 19.8. The number of nitrogens with zero attached hydrogens (tertiary/aromatic N) is 1. The first-order chi connectivity index (χ1) is 21.2. The van der Waals surface area contributed by atoms with Gasteiger partial charge in [-0.15, -0.1) is 0 Å². The quantitative estimate of drug-likeness (QED) is 0.135. The van der Waals surface area contributed by atoms with Crippen molar-refractivity contribution in [3.8, 4) is 0 Å². The van der Waals surface area contributed by atoms with Crippen LogP contribution >= 0.6 is 45.8 Å². The van der Waals surface area contributed by atoms with Gasteiger partial charge in [-0.3, -0.25) is 23.4 Å². The second-order valence-corrected chi connectivity index (χ2v) is 17.0. The lowest BCUT2D eigenvalue weighted by Gasteiger charge is -2.23. The first-order valence-electron chi connectivity index (χ1n) is 14.0. The molecule has 15 nitrogen and oxygen atoms in total. The maximum atomic E-state index is 12.7. The molecule has 0 radical (unpaired) electrons. The zero-order valence-corrected chi connectivity index (χ0v) is 28.7. The summed E-state index contributed by atoms with van der Waals surface area (Å²) in [4.78, 5) is 57.4. The summed E-state index contributed by atoms with van der Waals surface area (Å²) in [6.07, 6.45) is 0.904. The molecule has 0 amide bonds. The molecule has 0 spiro atoms. The van der Waals surface area contributed by atoms with Crippen molar-refractivity contribution in [2.75, 3.05) is 6.61 Å². The summed E-state index contributed by atoms with van der Waals surface area (Å²) in [6, 6.07) is 12.1. The monoisotopic (exact) mass is 800 g/mol. The summed E-state index contributed by atoms with van der Waals surface area (Å²) < 4.78 is 65.3. The molecule has 2 aliphatic rings. The number of rotatable bonds is 13. The highest BCUT2D eigenvalue weighted by atomic mass is 127. The third-order valence-corrected chi connectivity index (χ3v) is 13.0. The zero-order chi connectivity index (χ0) is 32.6. The molecule has 8 atom stereocenters. The highest BCUT2D eigenvalue weighted by Gasteiger charge is 2.53. The molecule has 2 saturated heterocycles. The van der Waals surface area contributed by atoms with Gasteiger partial charge >= 0.3 is 28.9 Å². The second-order valence-electron chi connectivity index (χ2n) is 10.8. The van der Waals surface area contributed by atoms with Crippen LogP contribution in [0.25, 0.3) is 10.8 Å². The largest absolute Gasteiger partial charge is 0.488 e. The van der Waals surface area contributed by atoms with Gasteiger partial charge in [-0.2, -0.15) is 4.31 Å². The minimum absolute atomic E-state index is 0.184. The van der Waals surface area contributed by atoms with Crippen molar-refractivity contribution in [3.05, 3.63) is 78.6 Å². The molecule has 45 heavy (non-hydrogen) atoms. The van der Waals surface area contributed by atoms with Crippen molar-refractivity contribution in [2.24, 2.45) is 5.92 Å². The zero-order valence-electron chi connectivity index (χ0n) is 23.8. The van der Waals surface area contributed by atoms with Crippen LogP contribution in [0.1, 0.15) is 44.4 Å². The molecule has 3 heterocycles. The van der Waals surface area contributed by atoms with Crippen LogP contribution in [0, 0.1) is 9.49 Å². The number of H-pyrrole nitrogens is 1. The van der Waals surface area contributed by atoms with Crippen LogP contribution in [0.4, 0.5) is 0 Å². The molecule has 1 aromatic heterocycles. The van der Waals surface area contributed by atoms with Gasteiger partial charge < -0.3 is 24.2 Å². The van der Waals surface area contributed by atoms with Crippen molar-refractivity contribution >= 4 is 56.6 Å². The summed E-state index contributed by atoms with van der Waals surface area (Å²) in [7, 11) is -15.8. The molecule has 0 saturated carbocycles. The van der Waals surface area contributed by atoms with Crippen molar-refractivity contribution in [2.45, 2.75) is 63.3 Å². The van der Waals surface area contributed by atoms with Crippen LogP contribution in [-0.4, -0.2) is 49.2 Å². The molecule has 246 valence electrons. The maximum absolute atomic E-state index is 12.7. The number of phosphoric ester groups is 1. The Hall–Kier alpha value is -1.52. The molecule has 4 unspecified atom stereocenters. The second kappa shape index (κ2) is 13.9. The summed E-state index contributed by atoms with van der Waals surface area (Å²) in [5.41, 5.74) is -0.960. The maximum Gasteiger partial charge on any atom is 0.488 e. The lowest BCUT2D eigenvalue weighted by molar-refractivity contribution is -0.0806. The molecule has 2 aromatic carbocycles. The summed E-state index contributed by atoms with van der Waals surface area (Å²) >= 11 is 1.78. The molecule has 2 aliphatic heterocycles. The van der Waals surface area contributed by atoms with Gasteiger partial charge in [-0.1, -0.05) is 62.2 Å². The minimum atomic E-state index is -5.61. The molecule has 4 N–H and O–H groups in total. The van der Waals surface area contributed by atoms with E-state index in [0.717, 1.165) is 30.0 Å². The van der Waals surface area contributed by atoms with Crippen LogP contribution in [0.2, 0.25) is 0 Å². The van der Waals surface area contributed by atoms with Crippen LogP contribution in [0.15, 0.2) is 58.3 Å². The number of ether oxygens (including phenoxy) is 2. The summed E-state index contributed by atoms with van der Waals surface area (Å²) in [5.74, 6) is -0.387. The number of fused-ring (bicyclic) bond motifs is 2. The number of benzene rings is 2. The lowest BCUT2D eigenvalue weighted by Crippen LogP contribution is -2.35. The van der Waals surface area contributed by atoms with E-state index >= 15 is 0 Å². The van der Waals surface area contributed by atoms with Gasteiger partial charge in [-0.25, -0.2) is 18.2 Å². The molecular weight excluding hydrogens is 768 g/mol. The van der Waals surface area contributed by atoms with E-state index in [9.17, 15) is 38.0 Å². The Morgan fingerprint density at radius 2 is 1.76 bits per heavy atom. The Morgan fingerprint density at radius 1 is 1.02 bits per heavy atom. The number of hydrogen-bond donors (Lipinski definition) is 4. The van der Waals surface area contributed by atoms with Crippen LogP contribution < -0.4 is 11.2 Å². The summed E-state index contributed by atoms with van der Waals surface area (Å²) in [5, 5.41) is 1.63. The third kappa shape index (κ3) is 8.69. The van der Waals surface area contributed by atoms with Crippen molar-refractivity contribution in [1.82, 2.24) is 9.55 Å². The van der Waals surface area contributed by atoms with E-state index < -0.39 is 65.7 Å². The number of unbranched alkanes of at least 4 members (excludes halogenated alkanes) is 1. The van der Waals surface area contributed by atoms with Gasteiger partial charge in [0.1, 0.15) is 12.3 Å². The highest BCUT2D eigenvalue weighted by molar-refractivity contribution is 14.1. The summed E-state index contributed by atoms with van der Waals surface area (Å²) in [6.45, 7) is 1.36. The topological polar surface area (TPSA) is 213 Å². The van der Waals surface area contributed by atoms with E-state index in [2.05, 4.69) is 13.6 Å². The van der Waals surface area contributed by atoms with Crippen molar-refractivity contribution in [3.63, 3.8) is 0 Å². The smallest absolute Gasteiger partial charge is 0.372 e. The Labute approximate surface area is 270 Å². The van der Waals surface area contributed by atoms with Crippen LogP contribution in [0.5, 0.6) is 0 Å². The molecule has 2 fully saturated rings. The average molecular weight is 800 g/mol. The fraction of sp³-hybridized carbons (Fsp3) is 0.462. The first kappa shape index (κ1) is 34.8. The van der Waals surface area contributed by atoms with E-state index in [0.29, 0.717) is 12.0 Å². The number of aromatic amines is 1. The standard InChI is InChI=1S/C26H32IN2O13P3/c1-2-3-8-19-12-20-23(39-19)22(40-25(20)29-13-21(27)24(30)28-26(29)31)14-38-44(34,35)42-45(36,37)41-43(32,33)15-16-9-10-17-6-4-5-7-18(17)11-16/h4-7,9-11,13,19-20,22-23,25H,2-3,8,12,14-15H2,1H3,(H,32,33)(H,34,35)(H,36,37)(H,28,30,31)/t19?,20-,22+,23+,25+/m0/s1. The lowest BCUT2D eigenvalue weighted by atomic mass is 9.95. The molecule has 5 rings (SSSR count). The predicted molar refractivity (Wildman–Crippen MR) is 169 cm³/mol. The van der Waals surface area contributed by atoms with E-state index in [4.69, 9.17) is 14.0 Å². The van der Waals surface area contributed by atoms with E-state index in [1.165, 1.54) is 10.8 Å². The van der Waals surface area contributed by atoms with E-state index in [1.54, 1.807) is 52.9 Å². The molecule has 19 heteroatoms. The molecule has 0 aliphatic carbocycles. The van der Waals surface area contributed by atoms with E-state index in [-0.39, 0.29) is 15.6 Å². The van der Waals surface area contributed by atoms with E-state index in [1.807, 2.05) is 19.1 Å². The van der Waals surface area contributed by atoms with Crippen LogP contribution in [-0.2, 0) is 42.5 Å². The number of phosphoric acid groups is 2. The van der Waals surface area contributed by atoms with Gasteiger partial charge in [0.05, 0.1) is 28.5 Å². The molecule has 3 aromatic rings. The fourth-order valence-electron chi connectivity index (χ4n) is 5.58. The van der Waals surface area contributed by atoms with Gasteiger partial charge in [0.25, 0.3) is 5.56 Å². The number of halogens is 1. The Morgan fingerprint density at radius 3 is 2.49 bits per heavy atom. The Balaban J connectivity index is 1.25. The average Bonchev–Trinajstić information content (AvgIpc) is 3.50. The molecule has 0 bridgehead atoms. The third-order valence-electron chi connectivity index (χ3n) is 7.47. The van der Waals surface area contributed by atoms with Gasteiger partial charge in [0, 0.05) is 12.1 Å². The van der Waals surface area contributed by atoms with Gasteiger partial charge in [0.2, 0.25) is 0 Å². The molecular formula is C26H32IN2O13P3. The van der Waals surface area contributed by atoms with Crippen LogP contribution in [0.3, 0.4) is 0 Å². The highest BCUT2D eigenvalue weighted by Crippen LogP contribution is 2.68. The fourth-order valence-corrected chi connectivity index (χ4v) is 10.2. The number of hydrogen-bond acceptors (Lipinski definition) is 10. The Kier molecular flexibility index (Phi) is 10.8. The Bertz CT molecular complexity index is 1820. The minimum Gasteiger partial charge on any atom is -0.372 e. The van der Waals surface area contributed by atoms with Crippen molar-refractivity contribution in [1.29, 1.82) is 0 Å². The normalized spacial score (nSPS) is 27.1. The SMILES string of the molecule is CCCCC1C[C@H]2[C@@H](O1)[C@@H](COP(=O)(O)OP(=O)(O)OP(=O)(O)Cc1ccc3ccccc3c1)O[C@H]2n1cc(I)c(=O)[nH]c1=O. The van der Waals surface area contributed by atoms with Crippen molar-refractivity contribution < 1.29 is 51.0 Å².